The molecule has 1 aromatic heterocycles. The molecule has 0 amide bonds. The van der Waals surface area contributed by atoms with Crippen LogP contribution in [0.2, 0.25) is 0 Å². The number of para-hydroxylation sites is 1. The van der Waals surface area contributed by atoms with Crippen LogP contribution in [0.25, 0.3) is 21.7 Å². The van der Waals surface area contributed by atoms with Crippen molar-refractivity contribution in [1.29, 1.82) is 0 Å². The van der Waals surface area contributed by atoms with Crippen molar-refractivity contribution in [3.8, 4) is 33.2 Å². The van der Waals surface area contributed by atoms with Crippen LogP contribution >= 0.6 is 11.3 Å². The van der Waals surface area contributed by atoms with E-state index >= 15 is 0 Å². The quantitative estimate of drug-likeness (QED) is 0.279. The van der Waals surface area contributed by atoms with Crippen molar-refractivity contribution in [2.24, 2.45) is 0 Å². The van der Waals surface area contributed by atoms with E-state index in [0.717, 1.165) is 38.7 Å². The van der Waals surface area contributed by atoms with Crippen molar-refractivity contribution in [3.05, 3.63) is 65.6 Å². The van der Waals surface area contributed by atoms with Crippen molar-refractivity contribution < 1.29 is 18.7 Å². The fourth-order valence-electron chi connectivity index (χ4n) is 3.15. The third kappa shape index (κ3) is 4.09. The topological polar surface area (TPSA) is 61.6 Å². The molecule has 0 spiro atoms. The van der Waals surface area contributed by atoms with Crippen LogP contribution in [-0.2, 0) is 16.8 Å². The van der Waals surface area contributed by atoms with E-state index in [9.17, 15) is 4.79 Å². The van der Waals surface area contributed by atoms with Gasteiger partial charge in [-0.25, -0.2) is 4.98 Å². The number of fused-ring (bicyclic) bond motifs is 1. The Morgan fingerprint density at radius 2 is 1.97 bits per heavy atom. The SMILES string of the molecule is CC(=O)Oc1ccccc1COc1c2ccocc-2cc1-c1nc(C(C)(C)C)cs1. The molecule has 1 aliphatic carbocycles. The van der Waals surface area contributed by atoms with Gasteiger partial charge in [0.2, 0.25) is 0 Å². The summed E-state index contributed by atoms with van der Waals surface area (Å²) in [6.07, 6.45) is 3.34. The lowest BCUT2D eigenvalue weighted by molar-refractivity contribution is -0.131. The summed E-state index contributed by atoms with van der Waals surface area (Å²) in [4.78, 5) is 16.3. The first-order valence-corrected chi connectivity index (χ1v) is 10.6. The Bertz CT molecular complexity index is 1150. The number of carbonyl (C=O) groups excluding carboxylic acids is 1. The molecular formula is C24H23NO4S. The first-order valence-electron chi connectivity index (χ1n) is 9.67. The minimum Gasteiger partial charge on any atom is -0.487 e. The van der Waals surface area contributed by atoms with Crippen LogP contribution in [0, 0.1) is 0 Å². The molecule has 0 saturated carbocycles. The molecule has 0 atom stereocenters. The summed E-state index contributed by atoms with van der Waals surface area (Å²) in [5.74, 6) is 0.885. The Balaban J connectivity index is 1.71. The average Bonchev–Trinajstić information content (AvgIpc) is 3.32. The van der Waals surface area contributed by atoms with Gasteiger partial charge in [0.25, 0.3) is 0 Å². The lowest BCUT2D eigenvalue weighted by Gasteiger charge is -2.14. The highest BCUT2D eigenvalue weighted by Gasteiger charge is 2.24. The number of nitrogens with zero attached hydrogens (tertiary/aromatic N) is 1. The Morgan fingerprint density at radius 1 is 1.17 bits per heavy atom. The van der Waals surface area contributed by atoms with E-state index in [1.807, 2.05) is 30.3 Å². The molecule has 30 heavy (non-hydrogen) atoms. The smallest absolute Gasteiger partial charge is 0.308 e. The average molecular weight is 422 g/mol. The Morgan fingerprint density at radius 3 is 2.70 bits per heavy atom. The molecular weight excluding hydrogens is 398 g/mol. The predicted molar refractivity (Wildman–Crippen MR) is 117 cm³/mol. The lowest BCUT2D eigenvalue weighted by Crippen LogP contribution is -2.11. The maximum absolute atomic E-state index is 11.4. The molecule has 0 radical (unpaired) electrons. The predicted octanol–water partition coefficient (Wildman–Crippen LogP) is 6.31. The van der Waals surface area contributed by atoms with E-state index in [0.29, 0.717) is 5.75 Å². The van der Waals surface area contributed by atoms with Crippen molar-refractivity contribution in [2.45, 2.75) is 39.7 Å². The molecule has 1 aromatic carbocycles. The Kier molecular flexibility index (Phi) is 5.35. The van der Waals surface area contributed by atoms with E-state index in [4.69, 9.17) is 18.9 Å². The van der Waals surface area contributed by atoms with Crippen LogP contribution < -0.4 is 9.47 Å². The monoisotopic (exact) mass is 421 g/mol. The number of hydrogen-bond donors (Lipinski definition) is 0. The van der Waals surface area contributed by atoms with Crippen molar-refractivity contribution in [3.63, 3.8) is 0 Å². The van der Waals surface area contributed by atoms with Gasteiger partial charge < -0.3 is 13.9 Å². The second-order valence-corrected chi connectivity index (χ2v) is 8.95. The van der Waals surface area contributed by atoms with Gasteiger partial charge in [0, 0.05) is 34.4 Å². The first kappa shape index (κ1) is 20.2. The molecule has 0 fully saturated rings. The second kappa shape index (κ2) is 7.95. The minimum atomic E-state index is -0.360. The minimum absolute atomic E-state index is 0.0277. The van der Waals surface area contributed by atoms with E-state index < -0.39 is 0 Å². The van der Waals surface area contributed by atoms with Gasteiger partial charge in [-0.3, -0.25) is 4.79 Å². The van der Waals surface area contributed by atoms with Gasteiger partial charge in [-0.05, 0) is 18.2 Å². The molecule has 0 bridgehead atoms. The number of hydrogen-bond acceptors (Lipinski definition) is 6. The molecule has 0 saturated heterocycles. The zero-order valence-electron chi connectivity index (χ0n) is 17.4. The summed E-state index contributed by atoms with van der Waals surface area (Å²) >= 11 is 1.60. The summed E-state index contributed by atoms with van der Waals surface area (Å²) in [6.45, 7) is 8.10. The molecule has 2 aromatic rings. The molecule has 2 aliphatic rings. The van der Waals surface area contributed by atoms with Crippen LogP contribution in [0.5, 0.6) is 11.5 Å². The number of benzene rings is 1. The van der Waals surface area contributed by atoms with Gasteiger partial charge in [-0.1, -0.05) is 39.0 Å². The Labute approximate surface area is 179 Å². The third-order valence-corrected chi connectivity index (χ3v) is 5.59. The van der Waals surface area contributed by atoms with E-state index in [-0.39, 0.29) is 18.0 Å². The molecule has 1 aliphatic heterocycles. The summed E-state index contributed by atoms with van der Waals surface area (Å²) < 4.78 is 16.9. The van der Waals surface area contributed by atoms with Crippen LogP contribution in [0.4, 0.5) is 0 Å². The fourth-order valence-corrected chi connectivity index (χ4v) is 4.21. The summed E-state index contributed by atoms with van der Waals surface area (Å²) in [7, 11) is 0. The number of thiazole rings is 1. The van der Waals surface area contributed by atoms with E-state index in [1.165, 1.54) is 6.92 Å². The highest BCUT2D eigenvalue weighted by Crippen LogP contribution is 2.46. The maximum atomic E-state index is 11.4. The van der Waals surface area contributed by atoms with Crippen molar-refractivity contribution >= 4 is 17.3 Å². The number of esters is 1. The summed E-state index contributed by atoms with van der Waals surface area (Å²) in [5, 5.41) is 3.00. The molecule has 0 N–H and O–H groups in total. The summed E-state index contributed by atoms with van der Waals surface area (Å²) in [6, 6.07) is 11.3. The number of ether oxygens (including phenoxy) is 2. The van der Waals surface area contributed by atoms with Gasteiger partial charge in [-0.15, -0.1) is 11.3 Å². The lowest BCUT2D eigenvalue weighted by atomic mass is 9.93. The molecule has 2 heterocycles. The standard InChI is InChI=1S/C24H23NO4S/c1-15(26)29-20-8-6-5-7-16(20)13-28-22-18-9-10-27-12-17(18)11-19(22)23-25-21(14-30-23)24(2,3)4/h5-12,14H,13H2,1-4H3. The van der Waals surface area contributed by atoms with Crippen molar-refractivity contribution in [2.75, 3.05) is 0 Å². The number of rotatable bonds is 5. The van der Waals surface area contributed by atoms with Gasteiger partial charge >= 0.3 is 5.97 Å². The zero-order valence-corrected chi connectivity index (χ0v) is 18.2. The molecule has 5 nitrogen and oxygen atoms in total. The fraction of sp³-hybridized carbons (Fsp3) is 0.250. The van der Waals surface area contributed by atoms with Crippen LogP contribution in [0.1, 0.15) is 39.0 Å². The van der Waals surface area contributed by atoms with Gasteiger partial charge in [0.05, 0.1) is 23.8 Å². The van der Waals surface area contributed by atoms with Crippen molar-refractivity contribution in [1.82, 2.24) is 4.98 Å². The van der Waals surface area contributed by atoms with Gasteiger partial charge in [-0.2, -0.15) is 0 Å². The van der Waals surface area contributed by atoms with Gasteiger partial charge in [0.1, 0.15) is 23.1 Å². The first-order chi connectivity index (χ1) is 14.3. The van der Waals surface area contributed by atoms with Crippen LogP contribution in [0.15, 0.2) is 58.7 Å². The normalized spacial score (nSPS) is 11.6. The maximum Gasteiger partial charge on any atom is 0.308 e. The molecule has 6 heteroatoms. The largest absolute Gasteiger partial charge is 0.487 e. The summed E-state index contributed by atoms with van der Waals surface area (Å²) in [5.41, 5.74) is 4.64. The third-order valence-electron chi connectivity index (χ3n) is 4.71. The second-order valence-electron chi connectivity index (χ2n) is 8.09. The zero-order chi connectivity index (χ0) is 21.3. The van der Waals surface area contributed by atoms with Gasteiger partial charge in [0.15, 0.2) is 0 Å². The highest BCUT2D eigenvalue weighted by atomic mass is 32.1. The highest BCUT2D eigenvalue weighted by molar-refractivity contribution is 7.13. The van der Waals surface area contributed by atoms with Crippen LogP contribution in [-0.4, -0.2) is 11.0 Å². The molecule has 154 valence electrons. The van der Waals surface area contributed by atoms with E-state index in [1.54, 1.807) is 29.9 Å². The van der Waals surface area contributed by atoms with Crippen LogP contribution in [0.3, 0.4) is 0 Å². The Hall–Kier alpha value is -3.12. The number of aromatic nitrogens is 1. The molecule has 0 unspecified atom stereocenters. The van der Waals surface area contributed by atoms with E-state index in [2.05, 4.69) is 26.2 Å². The molecule has 4 rings (SSSR count). The number of carbonyl (C=O) groups is 1.